The van der Waals surface area contributed by atoms with Crippen LogP contribution in [0.15, 0.2) is 24.3 Å². The van der Waals surface area contributed by atoms with Crippen LogP contribution < -0.4 is 11.5 Å². The average molecular weight is 282 g/mol. The Morgan fingerprint density at radius 1 is 1.37 bits per heavy atom. The number of ether oxygens (including phenoxy) is 1. The molecule has 0 aliphatic carbocycles. The van der Waals surface area contributed by atoms with Gasteiger partial charge in [0.05, 0.1) is 7.11 Å². The summed E-state index contributed by atoms with van der Waals surface area (Å²) in [4.78, 5) is 22.3. The Balaban J connectivity index is 2.42. The molecule has 4 N–H and O–H groups in total. The Hall–Kier alpha value is -1.53. The maximum atomic E-state index is 11.2. The monoisotopic (exact) mass is 282 g/mol. The van der Waals surface area contributed by atoms with Crippen molar-refractivity contribution in [2.75, 3.05) is 12.9 Å². The van der Waals surface area contributed by atoms with Gasteiger partial charge in [-0.25, -0.2) is 0 Å². The molecule has 1 unspecified atom stereocenters. The van der Waals surface area contributed by atoms with Gasteiger partial charge in [0.15, 0.2) is 0 Å². The minimum absolute atomic E-state index is 0.405. The quantitative estimate of drug-likeness (QED) is 0.572. The predicted octanol–water partition coefficient (Wildman–Crippen LogP) is 0.909. The van der Waals surface area contributed by atoms with E-state index in [0.717, 1.165) is 5.56 Å². The fourth-order valence-electron chi connectivity index (χ4n) is 1.55. The molecule has 0 spiro atoms. The Kier molecular flexibility index (Phi) is 6.38. The lowest BCUT2D eigenvalue weighted by Crippen LogP contribution is -2.31. The van der Waals surface area contributed by atoms with Gasteiger partial charge in [0.1, 0.15) is 6.04 Å². The number of hydrogen-bond donors (Lipinski definition) is 2. The third-order valence-corrected chi connectivity index (χ3v) is 3.66. The highest BCUT2D eigenvalue weighted by Crippen LogP contribution is 2.17. The SMILES string of the molecule is COC(=O)C(N)CCSCc1ccccc1C(N)=O. The number of hydrogen-bond acceptors (Lipinski definition) is 5. The average Bonchev–Trinajstić information content (AvgIpc) is 2.42. The molecule has 1 aromatic carbocycles. The molecule has 0 bridgehead atoms. The van der Waals surface area contributed by atoms with Crippen molar-refractivity contribution < 1.29 is 14.3 Å². The van der Waals surface area contributed by atoms with Crippen molar-refractivity contribution in [1.29, 1.82) is 0 Å². The molecule has 0 saturated heterocycles. The van der Waals surface area contributed by atoms with E-state index in [2.05, 4.69) is 4.74 Å². The van der Waals surface area contributed by atoms with Gasteiger partial charge in [0.25, 0.3) is 0 Å². The number of nitrogens with two attached hydrogens (primary N) is 2. The van der Waals surface area contributed by atoms with Crippen molar-refractivity contribution in [3.05, 3.63) is 35.4 Å². The van der Waals surface area contributed by atoms with Crippen LogP contribution >= 0.6 is 11.8 Å². The number of amides is 1. The highest BCUT2D eigenvalue weighted by molar-refractivity contribution is 7.98. The molecule has 1 atom stereocenters. The lowest BCUT2D eigenvalue weighted by atomic mass is 10.1. The van der Waals surface area contributed by atoms with E-state index >= 15 is 0 Å². The van der Waals surface area contributed by atoms with Gasteiger partial charge in [-0.3, -0.25) is 9.59 Å². The highest BCUT2D eigenvalue weighted by atomic mass is 32.2. The fraction of sp³-hybridized carbons (Fsp3) is 0.385. The maximum Gasteiger partial charge on any atom is 0.322 e. The summed E-state index contributed by atoms with van der Waals surface area (Å²) >= 11 is 1.60. The van der Waals surface area contributed by atoms with Crippen LogP contribution in [0.1, 0.15) is 22.3 Å². The van der Waals surface area contributed by atoms with Crippen molar-refractivity contribution in [2.45, 2.75) is 18.2 Å². The zero-order valence-electron chi connectivity index (χ0n) is 10.8. The molecule has 1 amide bonds. The summed E-state index contributed by atoms with van der Waals surface area (Å²) in [6.45, 7) is 0. The van der Waals surface area contributed by atoms with Gasteiger partial charge in [-0.15, -0.1) is 0 Å². The highest BCUT2D eigenvalue weighted by Gasteiger charge is 2.13. The standard InChI is InChI=1S/C13H18N2O3S/c1-18-13(17)11(14)6-7-19-8-9-4-2-3-5-10(9)12(15)16/h2-5,11H,6-8,14H2,1H3,(H2,15,16). The van der Waals surface area contributed by atoms with Crippen LogP contribution in [0.3, 0.4) is 0 Å². The normalized spacial score (nSPS) is 11.9. The summed E-state index contributed by atoms with van der Waals surface area (Å²) in [6, 6.07) is 6.62. The smallest absolute Gasteiger partial charge is 0.322 e. The van der Waals surface area contributed by atoms with Gasteiger partial charge < -0.3 is 16.2 Å². The van der Waals surface area contributed by atoms with E-state index in [1.165, 1.54) is 7.11 Å². The number of esters is 1. The first kappa shape index (κ1) is 15.5. The van der Waals surface area contributed by atoms with Gasteiger partial charge in [0.2, 0.25) is 5.91 Å². The number of benzene rings is 1. The Bertz CT molecular complexity index is 451. The van der Waals surface area contributed by atoms with Crippen molar-refractivity contribution in [1.82, 2.24) is 0 Å². The summed E-state index contributed by atoms with van der Waals surface area (Å²) in [7, 11) is 1.32. The zero-order chi connectivity index (χ0) is 14.3. The van der Waals surface area contributed by atoms with E-state index in [-0.39, 0.29) is 0 Å². The minimum Gasteiger partial charge on any atom is -0.468 e. The molecule has 1 rings (SSSR count). The summed E-state index contributed by atoms with van der Waals surface area (Å²) < 4.78 is 4.54. The summed E-state index contributed by atoms with van der Waals surface area (Å²) in [5.74, 6) is 0.539. The molecule has 19 heavy (non-hydrogen) atoms. The van der Waals surface area contributed by atoms with Gasteiger partial charge in [-0.2, -0.15) is 11.8 Å². The first-order valence-electron chi connectivity index (χ1n) is 5.85. The Labute approximate surface area is 116 Å². The fourth-order valence-corrected chi connectivity index (χ4v) is 2.58. The van der Waals surface area contributed by atoms with Gasteiger partial charge >= 0.3 is 5.97 Å². The van der Waals surface area contributed by atoms with Gasteiger partial charge in [-0.05, 0) is 23.8 Å². The van der Waals surface area contributed by atoms with E-state index in [1.807, 2.05) is 12.1 Å². The third-order valence-electron chi connectivity index (χ3n) is 2.62. The molecule has 0 aliphatic heterocycles. The summed E-state index contributed by atoms with van der Waals surface area (Å²) in [6.07, 6.45) is 0.538. The molecule has 0 saturated carbocycles. The van der Waals surface area contributed by atoms with Crippen molar-refractivity contribution in [3.63, 3.8) is 0 Å². The van der Waals surface area contributed by atoms with Crippen LogP contribution in [-0.2, 0) is 15.3 Å². The predicted molar refractivity (Wildman–Crippen MR) is 75.7 cm³/mol. The molecule has 0 heterocycles. The van der Waals surface area contributed by atoms with E-state index < -0.39 is 17.9 Å². The maximum absolute atomic E-state index is 11.2. The molecule has 0 fully saturated rings. The number of primary amides is 1. The largest absolute Gasteiger partial charge is 0.468 e. The van der Waals surface area contributed by atoms with Crippen molar-refractivity contribution in [2.24, 2.45) is 11.5 Å². The molecular weight excluding hydrogens is 264 g/mol. The zero-order valence-corrected chi connectivity index (χ0v) is 11.6. The number of carbonyl (C=O) groups is 2. The van der Waals surface area contributed by atoms with Crippen LogP contribution in [-0.4, -0.2) is 30.8 Å². The number of carbonyl (C=O) groups excluding carboxylic acids is 2. The summed E-state index contributed by atoms with van der Waals surface area (Å²) in [5.41, 5.74) is 12.3. The topological polar surface area (TPSA) is 95.4 Å². The van der Waals surface area contributed by atoms with Crippen molar-refractivity contribution >= 4 is 23.6 Å². The molecular formula is C13H18N2O3S. The summed E-state index contributed by atoms with van der Waals surface area (Å²) in [5, 5.41) is 0. The molecule has 0 aliphatic rings. The Morgan fingerprint density at radius 2 is 2.05 bits per heavy atom. The molecule has 104 valence electrons. The first-order chi connectivity index (χ1) is 9.06. The number of rotatable bonds is 7. The molecule has 1 aromatic rings. The van der Waals surface area contributed by atoms with Crippen LogP contribution in [0.2, 0.25) is 0 Å². The molecule has 0 radical (unpaired) electrons. The van der Waals surface area contributed by atoms with Gasteiger partial charge in [0, 0.05) is 11.3 Å². The van der Waals surface area contributed by atoms with E-state index in [1.54, 1.807) is 23.9 Å². The Morgan fingerprint density at radius 3 is 2.68 bits per heavy atom. The van der Waals surface area contributed by atoms with E-state index in [0.29, 0.717) is 23.5 Å². The van der Waals surface area contributed by atoms with Crippen LogP contribution in [0.25, 0.3) is 0 Å². The van der Waals surface area contributed by atoms with Crippen LogP contribution in [0, 0.1) is 0 Å². The second kappa shape index (κ2) is 7.81. The molecule has 0 aromatic heterocycles. The third kappa shape index (κ3) is 4.92. The minimum atomic E-state index is -0.594. The van der Waals surface area contributed by atoms with Gasteiger partial charge in [-0.1, -0.05) is 18.2 Å². The van der Waals surface area contributed by atoms with Crippen LogP contribution in [0.5, 0.6) is 0 Å². The second-order valence-electron chi connectivity index (χ2n) is 3.99. The van der Waals surface area contributed by atoms with Crippen molar-refractivity contribution in [3.8, 4) is 0 Å². The van der Waals surface area contributed by atoms with Crippen LogP contribution in [0.4, 0.5) is 0 Å². The molecule has 5 nitrogen and oxygen atoms in total. The second-order valence-corrected chi connectivity index (χ2v) is 5.10. The number of thioether (sulfide) groups is 1. The molecule has 6 heteroatoms. The number of methoxy groups -OCH3 is 1. The van der Waals surface area contributed by atoms with E-state index in [9.17, 15) is 9.59 Å². The first-order valence-corrected chi connectivity index (χ1v) is 7.00. The van der Waals surface area contributed by atoms with E-state index in [4.69, 9.17) is 11.5 Å². The lowest BCUT2D eigenvalue weighted by molar-refractivity contribution is -0.142. The lowest BCUT2D eigenvalue weighted by Gasteiger charge is -2.09.